The Morgan fingerprint density at radius 3 is 2.90 bits per heavy atom. The fourth-order valence-corrected chi connectivity index (χ4v) is 2.21. The first-order valence-electron chi connectivity index (χ1n) is 7.58. The molecule has 1 aromatic heterocycles. The van der Waals surface area contributed by atoms with E-state index in [1.807, 2.05) is 24.4 Å². The summed E-state index contributed by atoms with van der Waals surface area (Å²) in [6, 6.07) is 10.1. The van der Waals surface area contributed by atoms with Crippen LogP contribution in [0.25, 0.3) is 10.9 Å². The van der Waals surface area contributed by atoms with Gasteiger partial charge in [0, 0.05) is 17.6 Å². The van der Waals surface area contributed by atoms with Crippen molar-refractivity contribution in [2.75, 3.05) is 19.7 Å². The Bertz CT molecular complexity index is 513. The van der Waals surface area contributed by atoms with Gasteiger partial charge in [0.15, 0.2) is 0 Å². The van der Waals surface area contributed by atoms with Gasteiger partial charge in [0.25, 0.3) is 0 Å². The van der Waals surface area contributed by atoms with E-state index >= 15 is 0 Å². The van der Waals surface area contributed by atoms with Gasteiger partial charge in [0.05, 0.1) is 12.1 Å². The second-order valence-corrected chi connectivity index (χ2v) is 4.97. The van der Waals surface area contributed by atoms with E-state index < -0.39 is 0 Å². The number of nitrogens with zero attached hydrogens (tertiary/aromatic N) is 1. The first kappa shape index (κ1) is 14.8. The molecular weight excluding hydrogens is 248 g/mol. The van der Waals surface area contributed by atoms with Gasteiger partial charge in [-0.25, -0.2) is 0 Å². The van der Waals surface area contributed by atoms with Gasteiger partial charge in [0.1, 0.15) is 5.75 Å². The molecule has 0 aliphatic carbocycles. The molecule has 20 heavy (non-hydrogen) atoms. The van der Waals surface area contributed by atoms with Crippen LogP contribution in [0, 0.1) is 0 Å². The minimum atomic E-state index is 0.791. The molecule has 0 spiro atoms. The molecule has 0 atom stereocenters. The predicted octanol–water partition coefficient (Wildman–Crippen LogP) is 3.78. The van der Waals surface area contributed by atoms with Crippen molar-refractivity contribution in [3.05, 3.63) is 36.5 Å². The molecule has 3 nitrogen and oxygen atoms in total. The summed E-state index contributed by atoms with van der Waals surface area (Å²) in [5.74, 6) is 0.920. The van der Waals surface area contributed by atoms with E-state index in [0.717, 1.165) is 42.8 Å². The molecule has 0 radical (unpaired) electrons. The Labute approximate surface area is 121 Å². The monoisotopic (exact) mass is 272 g/mol. The molecule has 0 amide bonds. The lowest BCUT2D eigenvalue weighted by molar-refractivity contribution is 0.305. The summed E-state index contributed by atoms with van der Waals surface area (Å²) < 4.78 is 5.79. The molecule has 2 aromatic rings. The van der Waals surface area contributed by atoms with E-state index in [-0.39, 0.29) is 0 Å². The van der Waals surface area contributed by atoms with Gasteiger partial charge in [0.2, 0.25) is 0 Å². The molecule has 1 N–H and O–H groups in total. The Morgan fingerprint density at radius 1 is 1.10 bits per heavy atom. The Kier molecular flexibility index (Phi) is 6.32. The van der Waals surface area contributed by atoms with Crippen LogP contribution in [0.2, 0.25) is 0 Å². The lowest BCUT2D eigenvalue weighted by Gasteiger charge is -2.07. The number of nitrogens with one attached hydrogen (secondary N) is 1. The minimum Gasteiger partial charge on any atom is -0.494 e. The Hall–Kier alpha value is -1.61. The van der Waals surface area contributed by atoms with Gasteiger partial charge in [-0.2, -0.15) is 0 Å². The molecule has 1 heterocycles. The van der Waals surface area contributed by atoms with E-state index in [1.165, 1.54) is 19.3 Å². The number of fused-ring (bicyclic) bond motifs is 1. The molecule has 0 saturated heterocycles. The first-order valence-corrected chi connectivity index (χ1v) is 7.58. The highest BCUT2D eigenvalue weighted by Crippen LogP contribution is 2.18. The smallest absolute Gasteiger partial charge is 0.121 e. The zero-order chi connectivity index (χ0) is 14.0. The summed E-state index contributed by atoms with van der Waals surface area (Å²) in [5.41, 5.74) is 0.996. The highest BCUT2D eigenvalue weighted by atomic mass is 16.5. The van der Waals surface area contributed by atoms with Crippen molar-refractivity contribution < 1.29 is 4.74 Å². The van der Waals surface area contributed by atoms with Crippen molar-refractivity contribution >= 4 is 10.9 Å². The maximum absolute atomic E-state index is 5.79. The van der Waals surface area contributed by atoms with Gasteiger partial charge in [-0.3, -0.25) is 4.98 Å². The van der Waals surface area contributed by atoms with Crippen molar-refractivity contribution in [2.24, 2.45) is 0 Å². The van der Waals surface area contributed by atoms with Crippen LogP contribution in [0.1, 0.15) is 32.6 Å². The van der Waals surface area contributed by atoms with Gasteiger partial charge in [-0.15, -0.1) is 0 Å². The van der Waals surface area contributed by atoms with Crippen LogP contribution in [0.15, 0.2) is 36.5 Å². The molecule has 0 unspecified atom stereocenters. The third-order valence-electron chi connectivity index (χ3n) is 3.34. The molecule has 0 saturated carbocycles. The van der Waals surface area contributed by atoms with Crippen LogP contribution in [0.5, 0.6) is 5.75 Å². The lowest BCUT2D eigenvalue weighted by Crippen LogP contribution is -2.13. The summed E-state index contributed by atoms with van der Waals surface area (Å²) in [7, 11) is 0. The lowest BCUT2D eigenvalue weighted by atomic mass is 10.2. The first-order chi connectivity index (χ1) is 9.90. The number of hydrogen-bond acceptors (Lipinski definition) is 3. The molecule has 108 valence electrons. The molecule has 0 bridgehead atoms. The molecule has 1 aromatic carbocycles. The summed E-state index contributed by atoms with van der Waals surface area (Å²) >= 11 is 0. The zero-order valence-corrected chi connectivity index (χ0v) is 12.3. The summed E-state index contributed by atoms with van der Waals surface area (Å²) in [4.78, 5) is 4.34. The quantitative estimate of drug-likeness (QED) is 0.705. The van der Waals surface area contributed by atoms with Crippen LogP contribution >= 0.6 is 0 Å². The Morgan fingerprint density at radius 2 is 2.00 bits per heavy atom. The fourth-order valence-electron chi connectivity index (χ4n) is 2.21. The second-order valence-electron chi connectivity index (χ2n) is 4.97. The largest absolute Gasteiger partial charge is 0.494 e. The summed E-state index contributed by atoms with van der Waals surface area (Å²) in [6.45, 7) is 5.14. The van der Waals surface area contributed by atoms with E-state index in [2.05, 4.69) is 29.4 Å². The number of hydrogen-bond donors (Lipinski definition) is 1. The van der Waals surface area contributed by atoms with Crippen molar-refractivity contribution in [3.8, 4) is 5.75 Å². The second kappa shape index (κ2) is 8.54. The number of benzene rings is 1. The van der Waals surface area contributed by atoms with E-state index in [9.17, 15) is 0 Å². The average molecular weight is 272 g/mol. The molecule has 3 heteroatoms. The van der Waals surface area contributed by atoms with Crippen LogP contribution in [-0.4, -0.2) is 24.7 Å². The fraction of sp³-hybridized carbons (Fsp3) is 0.471. The van der Waals surface area contributed by atoms with Crippen molar-refractivity contribution in [1.29, 1.82) is 0 Å². The molecule has 0 aliphatic heterocycles. The summed E-state index contributed by atoms with van der Waals surface area (Å²) in [5, 5.41) is 4.50. The standard InChI is InChI=1S/C17H24N2O/c1-2-18-11-5-3-4-6-13-20-16-10-9-15-8-7-12-19-17(15)14-16/h7-10,12,14,18H,2-6,11,13H2,1H3. The van der Waals surface area contributed by atoms with Crippen molar-refractivity contribution in [3.63, 3.8) is 0 Å². The van der Waals surface area contributed by atoms with Gasteiger partial charge >= 0.3 is 0 Å². The van der Waals surface area contributed by atoms with Crippen LogP contribution in [0.4, 0.5) is 0 Å². The van der Waals surface area contributed by atoms with Crippen molar-refractivity contribution in [2.45, 2.75) is 32.6 Å². The third-order valence-corrected chi connectivity index (χ3v) is 3.34. The van der Waals surface area contributed by atoms with E-state index in [1.54, 1.807) is 0 Å². The third kappa shape index (κ3) is 4.82. The van der Waals surface area contributed by atoms with Gasteiger partial charge < -0.3 is 10.1 Å². The average Bonchev–Trinajstić information content (AvgIpc) is 2.50. The molecule has 0 aliphatic rings. The predicted molar refractivity (Wildman–Crippen MR) is 84.2 cm³/mol. The normalized spacial score (nSPS) is 10.8. The van der Waals surface area contributed by atoms with Gasteiger partial charge in [-0.05, 0) is 44.1 Å². The number of unbranched alkanes of at least 4 members (excludes halogenated alkanes) is 3. The van der Waals surface area contributed by atoms with E-state index in [4.69, 9.17) is 4.74 Å². The summed E-state index contributed by atoms with van der Waals surface area (Å²) in [6.07, 6.45) is 6.70. The Balaban J connectivity index is 1.65. The van der Waals surface area contributed by atoms with Gasteiger partial charge in [-0.1, -0.05) is 25.8 Å². The SMILES string of the molecule is CCNCCCCCCOc1ccc2cccnc2c1. The maximum atomic E-state index is 5.79. The highest BCUT2D eigenvalue weighted by molar-refractivity contribution is 5.79. The minimum absolute atomic E-state index is 0.791. The molecule has 0 fully saturated rings. The highest BCUT2D eigenvalue weighted by Gasteiger charge is 1.98. The topological polar surface area (TPSA) is 34.1 Å². The van der Waals surface area contributed by atoms with Crippen molar-refractivity contribution in [1.82, 2.24) is 10.3 Å². The number of rotatable bonds is 9. The van der Waals surface area contributed by atoms with Crippen LogP contribution in [0.3, 0.4) is 0 Å². The van der Waals surface area contributed by atoms with Crippen LogP contribution < -0.4 is 10.1 Å². The zero-order valence-electron chi connectivity index (χ0n) is 12.3. The number of aromatic nitrogens is 1. The van der Waals surface area contributed by atoms with E-state index in [0.29, 0.717) is 0 Å². The maximum Gasteiger partial charge on any atom is 0.121 e. The number of ether oxygens (including phenoxy) is 1. The molecular formula is C17H24N2O. The number of pyridine rings is 1. The molecule has 2 rings (SSSR count). The van der Waals surface area contributed by atoms with Crippen LogP contribution in [-0.2, 0) is 0 Å².